The van der Waals surface area contributed by atoms with Gasteiger partial charge in [-0.3, -0.25) is 4.79 Å². The van der Waals surface area contributed by atoms with Crippen LogP contribution in [0.25, 0.3) is 22.2 Å². The van der Waals surface area contributed by atoms with Gasteiger partial charge in [0.15, 0.2) is 0 Å². The fraction of sp³-hybridized carbons (Fsp3) is 0.500. The van der Waals surface area contributed by atoms with Crippen LogP contribution in [-0.2, 0) is 31.3 Å². The van der Waals surface area contributed by atoms with Gasteiger partial charge in [-0.1, -0.05) is 6.07 Å². The first kappa shape index (κ1) is 28.6. The van der Waals surface area contributed by atoms with E-state index in [1.165, 1.54) is 0 Å². The van der Waals surface area contributed by atoms with E-state index in [-0.39, 0.29) is 28.8 Å². The highest BCUT2D eigenvalue weighted by molar-refractivity contribution is 7.89. The second-order valence-electron chi connectivity index (χ2n) is 10.8. The first-order valence-electron chi connectivity index (χ1n) is 14.0. The number of aryl methyl sites for hydroxylation is 1. The molecule has 1 aromatic heterocycles. The zero-order valence-corrected chi connectivity index (χ0v) is 24.3. The number of nitrogens with zero attached hydrogens (tertiary/aromatic N) is 2. The number of sulfonamides is 1. The number of carbonyl (C=O) groups excluding carboxylic acids is 1. The smallest absolute Gasteiger partial charge is 0.240 e. The van der Waals surface area contributed by atoms with Crippen molar-refractivity contribution < 1.29 is 27.4 Å². The Kier molecular flexibility index (Phi) is 8.80. The van der Waals surface area contributed by atoms with E-state index in [0.29, 0.717) is 58.7 Å². The molecule has 1 saturated carbocycles. The third-order valence-corrected chi connectivity index (χ3v) is 9.60. The minimum absolute atomic E-state index is 0.0505. The lowest BCUT2D eigenvalue weighted by Crippen LogP contribution is -2.50. The van der Waals surface area contributed by atoms with E-state index in [1.54, 1.807) is 19.2 Å². The monoisotopic (exact) mass is 569 g/mol. The largest absolute Gasteiger partial charge is 0.491 e. The standard InChI is InChI=1S/C30H39N3O6S/c1-21-20-38-15-14-33(21)30(34)23-4-9-25(10-5-23)31-40(35,36)27-13-8-24-18-28(32(2)29(24)19-27)22-6-11-26(12-7-22)39-17-16-37-3/h6-8,11-13,18-19,21,23,25,31H,4-5,9-10,14-17,20H2,1-3H3/t21-,23-,25-/m0/s1. The Bertz CT molecular complexity index is 1430. The van der Waals surface area contributed by atoms with E-state index in [2.05, 4.69) is 10.8 Å². The highest BCUT2D eigenvalue weighted by atomic mass is 32.2. The normalized spacial score (nSPS) is 22.0. The molecule has 10 heteroatoms. The van der Waals surface area contributed by atoms with Gasteiger partial charge in [-0.15, -0.1) is 0 Å². The third kappa shape index (κ3) is 6.20. The Morgan fingerprint density at radius 1 is 1.05 bits per heavy atom. The fourth-order valence-electron chi connectivity index (χ4n) is 5.75. The van der Waals surface area contributed by atoms with Crippen molar-refractivity contribution in [2.24, 2.45) is 13.0 Å². The summed E-state index contributed by atoms with van der Waals surface area (Å²) in [5.41, 5.74) is 2.84. The molecule has 2 aromatic carbocycles. The molecule has 40 heavy (non-hydrogen) atoms. The van der Waals surface area contributed by atoms with Gasteiger partial charge in [0.2, 0.25) is 15.9 Å². The maximum Gasteiger partial charge on any atom is 0.240 e. The van der Waals surface area contributed by atoms with Crippen LogP contribution in [0.1, 0.15) is 32.6 Å². The molecule has 1 aliphatic carbocycles. The Morgan fingerprint density at radius 3 is 2.50 bits per heavy atom. The second-order valence-corrected chi connectivity index (χ2v) is 12.5. The molecular weight excluding hydrogens is 530 g/mol. The van der Waals surface area contributed by atoms with Gasteiger partial charge >= 0.3 is 0 Å². The number of morpholine rings is 1. The van der Waals surface area contributed by atoms with Gasteiger partial charge in [0, 0.05) is 49.3 Å². The lowest BCUT2D eigenvalue weighted by molar-refractivity contribution is -0.144. The van der Waals surface area contributed by atoms with Crippen LogP contribution in [0.4, 0.5) is 0 Å². The predicted octanol–water partition coefficient (Wildman–Crippen LogP) is 3.95. The summed E-state index contributed by atoms with van der Waals surface area (Å²) in [6, 6.07) is 15.1. The first-order valence-corrected chi connectivity index (χ1v) is 15.5. The Balaban J connectivity index is 1.24. The molecule has 216 valence electrons. The van der Waals surface area contributed by atoms with Crippen LogP contribution >= 0.6 is 0 Å². The van der Waals surface area contributed by atoms with Crippen molar-refractivity contribution in [3.8, 4) is 17.0 Å². The quantitative estimate of drug-likeness (QED) is 0.392. The van der Waals surface area contributed by atoms with Crippen LogP contribution in [0.2, 0.25) is 0 Å². The minimum Gasteiger partial charge on any atom is -0.491 e. The maximum atomic E-state index is 13.4. The highest BCUT2D eigenvalue weighted by Crippen LogP contribution is 2.31. The number of hydrogen-bond donors (Lipinski definition) is 1. The number of benzene rings is 2. The zero-order valence-electron chi connectivity index (χ0n) is 23.5. The molecule has 2 heterocycles. The average molecular weight is 570 g/mol. The van der Waals surface area contributed by atoms with Crippen LogP contribution in [0, 0.1) is 5.92 Å². The molecule has 2 aliphatic rings. The van der Waals surface area contributed by atoms with Crippen LogP contribution in [0.15, 0.2) is 53.4 Å². The number of carbonyl (C=O) groups is 1. The van der Waals surface area contributed by atoms with Gasteiger partial charge < -0.3 is 23.7 Å². The molecule has 5 rings (SSSR count). The van der Waals surface area contributed by atoms with E-state index < -0.39 is 10.0 Å². The predicted molar refractivity (Wildman–Crippen MR) is 154 cm³/mol. The number of methoxy groups -OCH3 is 1. The molecule has 1 amide bonds. The second kappa shape index (κ2) is 12.3. The molecule has 2 fully saturated rings. The molecule has 0 radical (unpaired) electrons. The first-order chi connectivity index (χ1) is 19.3. The van der Waals surface area contributed by atoms with Crippen LogP contribution in [0.5, 0.6) is 5.75 Å². The van der Waals surface area contributed by atoms with E-state index in [9.17, 15) is 13.2 Å². The lowest BCUT2D eigenvalue weighted by Gasteiger charge is -2.37. The van der Waals surface area contributed by atoms with Gasteiger partial charge in [0.1, 0.15) is 12.4 Å². The topological polar surface area (TPSA) is 99.1 Å². The molecule has 1 N–H and O–H groups in total. The van der Waals surface area contributed by atoms with Crippen molar-refractivity contribution in [1.82, 2.24) is 14.2 Å². The molecule has 0 bridgehead atoms. The zero-order chi connectivity index (χ0) is 28.3. The van der Waals surface area contributed by atoms with Gasteiger partial charge in [0.05, 0.1) is 30.8 Å². The van der Waals surface area contributed by atoms with E-state index in [0.717, 1.165) is 27.9 Å². The van der Waals surface area contributed by atoms with Crippen LogP contribution in [-0.4, -0.2) is 76.0 Å². The molecule has 1 atom stereocenters. The molecule has 0 unspecified atom stereocenters. The van der Waals surface area contributed by atoms with Crippen LogP contribution in [0.3, 0.4) is 0 Å². The van der Waals surface area contributed by atoms with E-state index >= 15 is 0 Å². The summed E-state index contributed by atoms with van der Waals surface area (Å²) < 4.78 is 47.8. The average Bonchev–Trinajstić information content (AvgIpc) is 3.29. The number of ether oxygens (including phenoxy) is 3. The van der Waals surface area contributed by atoms with E-state index in [1.807, 2.05) is 53.8 Å². The summed E-state index contributed by atoms with van der Waals surface area (Å²) in [4.78, 5) is 15.2. The van der Waals surface area contributed by atoms with E-state index in [4.69, 9.17) is 14.2 Å². The summed E-state index contributed by atoms with van der Waals surface area (Å²) in [6.07, 6.45) is 2.67. The Hall–Kier alpha value is -2.92. The molecule has 1 saturated heterocycles. The van der Waals surface area contributed by atoms with Crippen LogP contribution < -0.4 is 9.46 Å². The van der Waals surface area contributed by atoms with Crippen molar-refractivity contribution in [3.63, 3.8) is 0 Å². The lowest BCUT2D eigenvalue weighted by atomic mass is 9.85. The van der Waals surface area contributed by atoms with Gasteiger partial charge in [-0.05, 0) is 80.6 Å². The van der Waals surface area contributed by atoms with Gasteiger partial charge in [0.25, 0.3) is 0 Å². The van der Waals surface area contributed by atoms with Gasteiger partial charge in [-0.25, -0.2) is 13.1 Å². The molecular formula is C30H39N3O6S. The number of amides is 1. The number of fused-ring (bicyclic) bond motifs is 1. The molecule has 3 aromatic rings. The Morgan fingerprint density at radius 2 is 1.80 bits per heavy atom. The molecule has 9 nitrogen and oxygen atoms in total. The summed E-state index contributed by atoms with van der Waals surface area (Å²) >= 11 is 0. The summed E-state index contributed by atoms with van der Waals surface area (Å²) in [7, 11) is -0.126. The number of rotatable bonds is 9. The molecule has 0 spiro atoms. The number of hydrogen-bond acceptors (Lipinski definition) is 6. The van der Waals surface area contributed by atoms with Gasteiger partial charge in [-0.2, -0.15) is 0 Å². The summed E-state index contributed by atoms with van der Waals surface area (Å²) in [5.74, 6) is 0.897. The van der Waals surface area contributed by atoms with Crippen molar-refractivity contribution in [1.29, 1.82) is 0 Å². The van der Waals surface area contributed by atoms with Crippen molar-refractivity contribution in [2.75, 3.05) is 40.1 Å². The number of nitrogens with one attached hydrogen (secondary N) is 1. The summed E-state index contributed by atoms with van der Waals surface area (Å²) in [5, 5.41) is 0.966. The minimum atomic E-state index is -3.71. The number of aromatic nitrogens is 1. The summed E-state index contributed by atoms with van der Waals surface area (Å²) in [6.45, 7) is 4.81. The SMILES string of the molecule is COCCOc1ccc(-c2cc3ccc(S(=O)(=O)N[C@H]4CC[C@H](C(=O)N5CCOC[C@@H]5C)CC4)cc3n2C)cc1. The van der Waals surface area contributed by atoms with Crippen molar-refractivity contribution >= 4 is 26.8 Å². The van der Waals surface area contributed by atoms with Crippen molar-refractivity contribution in [2.45, 2.75) is 49.6 Å². The molecule has 1 aliphatic heterocycles. The third-order valence-electron chi connectivity index (χ3n) is 8.08. The Labute approximate surface area is 236 Å². The highest BCUT2D eigenvalue weighted by Gasteiger charge is 2.34. The maximum absolute atomic E-state index is 13.4. The van der Waals surface area contributed by atoms with Crippen molar-refractivity contribution in [3.05, 3.63) is 48.5 Å². The fourth-order valence-corrected chi connectivity index (χ4v) is 7.08.